The third kappa shape index (κ3) is 4.08. The lowest BCUT2D eigenvalue weighted by atomic mass is 10.1. The van der Waals surface area contributed by atoms with Gasteiger partial charge in [0, 0.05) is 5.56 Å². The number of oxime groups is 1. The van der Waals surface area contributed by atoms with Gasteiger partial charge in [-0.3, -0.25) is 0 Å². The molecule has 0 aliphatic heterocycles. The van der Waals surface area contributed by atoms with E-state index in [4.69, 9.17) is 4.84 Å². The lowest BCUT2D eigenvalue weighted by Crippen LogP contribution is -2.09. The smallest absolute Gasteiger partial charge is 0.391 e. The van der Waals surface area contributed by atoms with E-state index in [1.807, 2.05) is 31.2 Å². The fourth-order valence-corrected chi connectivity index (χ4v) is 1.86. The molecule has 0 fully saturated rings. The fourth-order valence-electron chi connectivity index (χ4n) is 1.86. The van der Waals surface area contributed by atoms with Gasteiger partial charge in [-0.1, -0.05) is 47.6 Å². The second-order valence-electron chi connectivity index (χ2n) is 4.52. The number of halogens is 3. The Labute approximate surface area is 120 Å². The highest BCUT2D eigenvalue weighted by atomic mass is 19.4. The minimum atomic E-state index is -4.39. The maximum absolute atomic E-state index is 12.8. The average Bonchev–Trinajstić information content (AvgIpc) is 2.45. The lowest BCUT2D eigenvalue weighted by molar-refractivity contribution is -0.138. The molecule has 2 aromatic carbocycles. The number of benzene rings is 2. The van der Waals surface area contributed by atoms with E-state index in [0.717, 1.165) is 17.2 Å². The molecular formula is C16H14F3NO. The molecule has 0 saturated heterocycles. The van der Waals surface area contributed by atoms with E-state index in [0.29, 0.717) is 0 Å². The Morgan fingerprint density at radius 3 is 2.43 bits per heavy atom. The Hall–Kier alpha value is -2.30. The quantitative estimate of drug-likeness (QED) is 0.598. The van der Waals surface area contributed by atoms with Gasteiger partial charge in [-0.2, -0.15) is 13.2 Å². The first-order valence-corrected chi connectivity index (χ1v) is 6.34. The lowest BCUT2D eigenvalue weighted by Gasteiger charge is -2.11. The zero-order chi connectivity index (χ0) is 15.3. The van der Waals surface area contributed by atoms with Crippen molar-refractivity contribution in [3.63, 3.8) is 0 Å². The van der Waals surface area contributed by atoms with Crippen LogP contribution in [0.4, 0.5) is 13.2 Å². The minimum absolute atomic E-state index is 0.0620. The van der Waals surface area contributed by atoms with Crippen LogP contribution in [-0.2, 0) is 17.6 Å². The monoisotopic (exact) mass is 293 g/mol. The molecule has 0 saturated carbocycles. The van der Waals surface area contributed by atoms with E-state index in [9.17, 15) is 13.2 Å². The number of nitrogens with zero attached hydrogens (tertiary/aromatic N) is 1. The van der Waals surface area contributed by atoms with E-state index in [2.05, 4.69) is 5.16 Å². The van der Waals surface area contributed by atoms with Crippen molar-refractivity contribution >= 4 is 6.21 Å². The Morgan fingerprint density at radius 2 is 1.71 bits per heavy atom. The molecule has 0 bridgehead atoms. The second kappa shape index (κ2) is 6.43. The molecule has 2 aromatic rings. The van der Waals surface area contributed by atoms with Crippen LogP contribution in [0.3, 0.4) is 0 Å². The van der Waals surface area contributed by atoms with Gasteiger partial charge in [0.25, 0.3) is 0 Å². The van der Waals surface area contributed by atoms with Crippen molar-refractivity contribution in [2.24, 2.45) is 5.16 Å². The third-order valence-electron chi connectivity index (χ3n) is 3.00. The van der Waals surface area contributed by atoms with Gasteiger partial charge < -0.3 is 4.84 Å². The first kappa shape index (κ1) is 15.1. The van der Waals surface area contributed by atoms with Crippen LogP contribution in [0.15, 0.2) is 53.7 Å². The summed E-state index contributed by atoms with van der Waals surface area (Å²) in [5, 5.41) is 3.73. The highest BCUT2D eigenvalue weighted by Gasteiger charge is 2.32. The number of hydrogen-bond donors (Lipinski definition) is 0. The summed E-state index contributed by atoms with van der Waals surface area (Å²) in [4.78, 5) is 4.98. The number of alkyl halides is 3. The number of hydrogen-bond acceptors (Lipinski definition) is 2. The Balaban J connectivity index is 2.03. The van der Waals surface area contributed by atoms with Crippen LogP contribution in [0.5, 0.6) is 0 Å². The van der Waals surface area contributed by atoms with Gasteiger partial charge in [0.1, 0.15) is 6.61 Å². The van der Waals surface area contributed by atoms with Crippen molar-refractivity contribution in [2.45, 2.75) is 19.7 Å². The van der Waals surface area contributed by atoms with Gasteiger partial charge in [0.2, 0.25) is 0 Å². The fraction of sp³-hybridized carbons (Fsp3) is 0.188. The second-order valence-corrected chi connectivity index (χ2v) is 4.52. The van der Waals surface area contributed by atoms with Gasteiger partial charge in [0.15, 0.2) is 0 Å². The molecule has 0 aromatic heterocycles. The highest BCUT2D eigenvalue weighted by Crippen LogP contribution is 2.32. The predicted molar refractivity (Wildman–Crippen MR) is 75.0 cm³/mol. The standard InChI is InChI=1S/C16H14F3NO/c1-12-6-2-3-7-13(12)10-20-21-11-14-8-4-5-9-15(14)16(17,18)19/h2-10H,11H2,1H3. The first-order valence-electron chi connectivity index (χ1n) is 6.34. The maximum Gasteiger partial charge on any atom is 0.416 e. The third-order valence-corrected chi connectivity index (χ3v) is 3.00. The molecular weight excluding hydrogens is 279 g/mol. The largest absolute Gasteiger partial charge is 0.416 e. The summed E-state index contributed by atoms with van der Waals surface area (Å²) >= 11 is 0. The highest BCUT2D eigenvalue weighted by molar-refractivity contribution is 5.81. The molecule has 0 unspecified atom stereocenters. The van der Waals surface area contributed by atoms with Gasteiger partial charge in [0.05, 0.1) is 11.8 Å². The van der Waals surface area contributed by atoms with Crippen molar-refractivity contribution in [3.05, 3.63) is 70.8 Å². The van der Waals surface area contributed by atoms with Crippen molar-refractivity contribution < 1.29 is 18.0 Å². The Kier molecular flexibility index (Phi) is 4.62. The predicted octanol–water partition coefficient (Wildman–Crippen LogP) is 4.56. The van der Waals surface area contributed by atoms with Crippen LogP contribution in [0, 0.1) is 6.92 Å². The molecule has 0 aliphatic rings. The van der Waals surface area contributed by atoms with E-state index >= 15 is 0 Å². The van der Waals surface area contributed by atoms with Crippen LogP contribution in [0.2, 0.25) is 0 Å². The zero-order valence-electron chi connectivity index (χ0n) is 11.4. The summed E-state index contributed by atoms with van der Waals surface area (Å²) in [6, 6.07) is 12.8. The molecule has 0 heterocycles. The first-order chi connectivity index (χ1) is 9.98. The Bertz CT molecular complexity index is 635. The zero-order valence-corrected chi connectivity index (χ0v) is 11.4. The SMILES string of the molecule is Cc1ccccc1C=NOCc1ccccc1C(F)(F)F. The van der Waals surface area contributed by atoms with Crippen LogP contribution in [0.25, 0.3) is 0 Å². The van der Waals surface area contributed by atoms with Gasteiger partial charge in [-0.25, -0.2) is 0 Å². The molecule has 0 amide bonds. The molecule has 0 N–H and O–H groups in total. The molecule has 21 heavy (non-hydrogen) atoms. The molecule has 5 heteroatoms. The minimum Gasteiger partial charge on any atom is -0.391 e. The molecule has 2 rings (SSSR count). The number of rotatable bonds is 4. The summed E-state index contributed by atoms with van der Waals surface area (Å²) < 4.78 is 38.3. The van der Waals surface area contributed by atoms with Crippen molar-refractivity contribution in [3.8, 4) is 0 Å². The van der Waals surface area contributed by atoms with Crippen LogP contribution >= 0.6 is 0 Å². The summed E-state index contributed by atoms with van der Waals surface area (Å²) in [5.74, 6) is 0. The van der Waals surface area contributed by atoms with Crippen molar-refractivity contribution in [1.82, 2.24) is 0 Å². The summed E-state index contributed by atoms with van der Waals surface area (Å²) in [5.41, 5.74) is 1.24. The van der Waals surface area contributed by atoms with Crippen molar-refractivity contribution in [2.75, 3.05) is 0 Å². The molecule has 0 spiro atoms. The van der Waals surface area contributed by atoms with Gasteiger partial charge >= 0.3 is 6.18 Å². The molecule has 2 nitrogen and oxygen atoms in total. The molecule has 0 aliphatic carbocycles. The normalized spacial score (nSPS) is 11.8. The molecule has 110 valence electrons. The molecule has 0 atom stereocenters. The van der Waals surface area contributed by atoms with Crippen LogP contribution in [-0.4, -0.2) is 6.21 Å². The van der Waals surface area contributed by atoms with Crippen LogP contribution < -0.4 is 0 Å². The van der Waals surface area contributed by atoms with E-state index in [1.165, 1.54) is 18.3 Å². The Morgan fingerprint density at radius 1 is 1.05 bits per heavy atom. The van der Waals surface area contributed by atoms with E-state index in [-0.39, 0.29) is 12.2 Å². The molecule has 0 radical (unpaired) electrons. The van der Waals surface area contributed by atoms with Crippen LogP contribution in [0.1, 0.15) is 22.3 Å². The topological polar surface area (TPSA) is 21.6 Å². The summed E-state index contributed by atoms with van der Waals surface area (Å²) in [7, 11) is 0. The van der Waals surface area contributed by atoms with Gasteiger partial charge in [-0.15, -0.1) is 0 Å². The van der Waals surface area contributed by atoms with Gasteiger partial charge in [-0.05, 0) is 24.1 Å². The summed E-state index contributed by atoms with van der Waals surface area (Å²) in [6.07, 6.45) is -2.90. The number of aryl methyl sites for hydroxylation is 1. The maximum atomic E-state index is 12.8. The van der Waals surface area contributed by atoms with Crippen molar-refractivity contribution in [1.29, 1.82) is 0 Å². The summed E-state index contributed by atoms with van der Waals surface area (Å²) in [6.45, 7) is 1.69. The average molecular weight is 293 g/mol. The van der Waals surface area contributed by atoms with E-state index in [1.54, 1.807) is 6.07 Å². The van der Waals surface area contributed by atoms with E-state index < -0.39 is 11.7 Å².